The lowest BCUT2D eigenvalue weighted by Crippen LogP contribution is -2.62. The number of aliphatic hydroxyl groups is 2. The molecule has 0 aliphatic carbocycles. The summed E-state index contributed by atoms with van der Waals surface area (Å²) in [6.45, 7) is 11.2. The molecule has 0 radical (unpaired) electrons. The molecule has 38 heteroatoms. The topological polar surface area (TPSA) is 591 Å². The van der Waals surface area contributed by atoms with Gasteiger partial charge in [0, 0.05) is 83.8 Å². The molecule has 1 spiro atoms. The molecule has 0 bridgehead atoms. The Morgan fingerprint density at radius 3 is 1.59 bits per heavy atom. The van der Waals surface area contributed by atoms with Gasteiger partial charge in [0.2, 0.25) is 65.0 Å². The zero-order valence-electron chi connectivity index (χ0n) is 70.6. The Morgan fingerprint density at radius 1 is 0.504 bits per heavy atom. The Labute approximate surface area is 727 Å². The highest BCUT2D eigenvalue weighted by Crippen LogP contribution is 2.57. The number of phenols is 2. The summed E-state index contributed by atoms with van der Waals surface area (Å²) in [5, 5.41) is 94.3. The Bertz CT molecular complexity index is 4840. The van der Waals surface area contributed by atoms with E-state index in [4.69, 9.17) is 33.2 Å². The van der Waals surface area contributed by atoms with Crippen molar-refractivity contribution in [3.05, 3.63) is 149 Å². The van der Waals surface area contributed by atoms with Crippen LogP contribution >= 0.6 is 12.2 Å². The number of para-hydroxylation sites is 1. The Kier molecular flexibility index (Phi) is 36.0. The van der Waals surface area contributed by atoms with Gasteiger partial charge in [0.25, 0.3) is 0 Å². The number of fused-ring (bicyclic) bond motifs is 7. The first-order chi connectivity index (χ1) is 59.4. The summed E-state index contributed by atoms with van der Waals surface area (Å²) in [5.41, 5.74) is 13.7. The van der Waals surface area contributed by atoms with Crippen molar-refractivity contribution >= 4 is 117 Å². The number of esters is 1. The van der Waals surface area contributed by atoms with Gasteiger partial charge in [-0.25, -0.2) is 4.79 Å². The van der Waals surface area contributed by atoms with Crippen LogP contribution in [0.3, 0.4) is 0 Å². The van der Waals surface area contributed by atoms with E-state index in [1.807, 2.05) is 27.7 Å². The number of nitrogens with two attached hydrogens (primary N) is 2. The molecule has 23 N–H and O–H groups in total. The summed E-state index contributed by atoms with van der Waals surface area (Å²) < 4.78 is 12.2. The lowest BCUT2D eigenvalue weighted by molar-refractivity contribution is -0.142. The zero-order valence-corrected chi connectivity index (χ0v) is 71.4. The van der Waals surface area contributed by atoms with Crippen LogP contribution in [0.5, 0.6) is 23.0 Å². The number of H-pyrrole nitrogens is 1. The SMILES string of the molecule is CC(C)C[C@H](NC(=O)[C@H](CC(C)C)NC(=O)[C@H](CCCCN)NC(=O)[C@H](Cc1c[nH]c2ccccc12)NC(=O)[C@H](CC(C)C)NC(=O)[C@H](CC(=O)O)NC(=O)[C@H](CO)NC(=O)[C@H](Cc1ccccc1)NC(=O)[C@@H](NC(=O)[C@H](CCC(=O)O)NC(=O)CCCCCNC(=S)Nc1ccc2c(c1)C(=O)OC21c2ccc(O)cc2Oc2cc(O)ccc21)[C@@H](C)O)C(N)=O. The van der Waals surface area contributed by atoms with Crippen molar-refractivity contribution in [2.45, 2.75) is 217 Å². The van der Waals surface area contributed by atoms with E-state index >= 15 is 0 Å². The van der Waals surface area contributed by atoms with Gasteiger partial charge >= 0.3 is 17.9 Å². The molecule has 2 aliphatic rings. The predicted octanol–water partition coefficient (Wildman–Crippen LogP) is 2.79. The molecule has 674 valence electrons. The molecule has 11 amide bonds. The summed E-state index contributed by atoms with van der Waals surface area (Å²) >= 11 is 5.56. The number of aliphatic hydroxyl groups excluding tert-OH is 2. The van der Waals surface area contributed by atoms with E-state index in [2.05, 4.69) is 68.8 Å². The molecule has 3 heterocycles. The van der Waals surface area contributed by atoms with Crippen LogP contribution in [-0.2, 0) is 85.5 Å². The second-order valence-electron chi connectivity index (χ2n) is 32.4. The Morgan fingerprint density at radius 2 is 1.01 bits per heavy atom. The number of carboxylic acids is 2. The maximum atomic E-state index is 14.9. The molecule has 0 fully saturated rings. The number of benzene rings is 5. The number of aromatic hydroxyl groups is 2. The first-order valence-corrected chi connectivity index (χ1v) is 41.9. The third kappa shape index (κ3) is 27.8. The van der Waals surface area contributed by atoms with Crippen molar-refractivity contribution in [2.24, 2.45) is 29.2 Å². The summed E-state index contributed by atoms with van der Waals surface area (Å²) in [4.78, 5) is 197. The van der Waals surface area contributed by atoms with Crippen molar-refractivity contribution in [2.75, 3.05) is 25.0 Å². The summed E-state index contributed by atoms with van der Waals surface area (Å²) in [6.07, 6.45) is -0.992. The number of aliphatic carboxylic acids is 2. The van der Waals surface area contributed by atoms with Crippen molar-refractivity contribution in [1.29, 1.82) is 0 Å². The van der Waals surface area contributed by atoms with Crippen molar-refractivity contribution in [3.8, 4) is 23.0 Å². The van der Waals surface area contributed by atoms with E-state index < -0.39 is 187 Å². The molecular formula is C87H113N15O22S. The van der Waals surface area contributed by atoms with Gasteiger partial charge in [-0.15, -0.1) is 0 Å². The molecule has 0 unspecified atom stereocenters. The number of thiocarbonyl (C=S) groups is 1. The van der Waals surface area contributed by atoms with Gasteiger partial charge in [-0.3, -0.25) is 62.3 Å². The van der Waals surface area contributed by atoms with Gasteiger partial charge in [0.15, 0.2) is 10.7 Å². The molecule has 0 saturated heterocycles. The number of anilines is 1. The van der Waals surface area contributed by atoms with Crippen LogP contribution in [0.2, 0.25) is 0 Å². The van der Waals surface area contributed by atoms with Crippen molar-refractivity contribution in [1.82, 2.24) is 63.5 Å². The van der Waals surface area contributed by atoms with Crippen LogP contribution in [0.1, 0.15) is 170 Å². The monoisotopic (exact) mass is 1750 g/mol. The number of ether oxygens (including phenoxy) is 2. The highest BCUT2D eigenvalue weighted by molar-refractivity contribution is 7.80. The fourth-order valence-electron chi connectivity index (χ4n) is 14.6. The van der Waals surface area contributed by atoms with Crippen LogP contribution in [0, 0.1) is 17.8 Å². The average Bonchev–Trinajstić information content (AvgIpc) is 1.55. The highest BCUT2D eigenvalue weighted by Gasteiger charge is 2.54. The third-order valence-electron chi connectivity index (χ3n) is 20.9. The molecule has 5 aromatic carbocycles. The molecule has 37 nitrogen and oxygen atoms in total. The number of hydrogen-bond donors (Lipinski definition) is 21. The van der Waals surface area contributed by atoms with Crippen LogP contribution in [0.4, 0.5) is 5.69 Å². The van der Waals surface area contributed by atoms with Gasteiger partial charge < -0.3 is 120 Å². The molecule has 0 saturated carbocycles. The fourth-order valence-corrected chi connectivity index (χ4v) is 14.8. The number of nitrogens with one attached hydrogen (secondary N) is 13. The normalized spacial score (nSPS) is 14.9. The molecule has 11 atom stereocenters. The van der Waals surface area contributed by atoms with E-state index in [9.17, 15) is 97.8 Å². The van der Waals surface area contributed by atoms with E-state index in [-0.39, 0.29) is 103 Å². The van der Waals surface area contributed by atoms with Crippen LogP contribution in [-0.4, -0.2) is 210 Å². The van der Waals surface area contributed by atoms with Gasteiger partial charge in [0.1, 0.15) is 83.4 Å². The van der Waals surface area contributed by atoms with Crippen LogP contribution < -0.4 is 80.0 Å². The van der Waals surface area contributed by atoms with Crippen molar-refractivity contribution < 1.29 is 107 Å². The number of carboxylic acid groups (broad SMARTS) is 2. The number of carbonyl (C=O) groups is 14. The number of hydrogen-bond acceptors (Lipinski definition) is 22. The van der Waals surface area contributed by atoms with E-state index in [0.29, 0.717) is 76.6 Å². The Balaban J connectivity index is 0.890. The molecule has 6 aromatic rings. The summed E-state index contributed by atoms with van der Waals surface area (Å²) in [7, 11) is 0. The average molecular weight is 1750 g/mol. The lowest BCUT2D eigenvalue weighted by Gasteiger charge is -2.36. The molecule has 1 aromatic heterocycles. The van der Waals surface area contributed by atoms with Crippen LogP contribution in [0.25, 0.3) is 10.9 Å². The number of aromatic nitrogens is 1. The minimum Gasteiger partial charge on any atom is -0.508 e. The second-order valence-corrected chi connectivity index (χ2v) is 32.8. The number of unbranched alkanes of at least 4 members (excludes halogenated alkanes) is 3. The highest BCUT2D eigenvalue weighted by atomic mass is 32.1. The lowest BCUT2D eigenvalue weighted by atomic mass is 9.77. The standard InChI is InChI=1S/C87H113N15O22S/c1-45(2)34-62(75(89)112)95-78(115)63(35-46(3)4)96-76(113)60(22-15-16-32-88)94-81(118)66(38-50-43-91-59-21-14-13-20-54(50)59)98-79(116)64(36-47(5)6)97-82(119)67(42-73(110)111)99-83(120)68(44-103)101-80(117)65(37-49-18-10-8-11-19-49)100-84(121)74(48(7)104)102-77(114)61(30-31-72(108)109)93-71(107)23-12-9-17-33-90-86(125)92-51-24-27-56-55(39-51)85(122)124-87(56)57-28-25-52(105)40-69(57)123-70-41-53(106)26-29-58(70)87/h8,10-11,13-14,18-21,24-29,39-41,43,45-48,60-68,74,91,103-106H,9,12,15-17,22-23,30-38,42,44,88H2,1-7H3,(H2,89,112)(H,93,107)(H,94,118)(H,95,115)(H,96,113)(H,97,119)(H,98,116)(H,99,120)(H,100,121)(H,101,117)(H,102,114)(H,108,109)(H,110,111)(H2,90,92,125)/t48-,60+,61+,62+,63+,64+,65+,66+,67+,68+,74+/m1/s1. The minimum absolute atomic E-state index is 0.00791. The zero-order chi connectivity index (χ0) is 91.5. The van der Waals surface area contributed by atoms with Crippen LogP contribution in [0.15, 0.2) is 115 Å². The molecule has 8 rings (SSSR count). The second kappa shape index (κ2) is 46.1. The first-order valence-electron chi connectivity index (χ1n) is 41.5. The predicted molar refractivity (Wildman–Crippen MR) is 461 cm³/mol. The number of primary amides is 1. The maximum Gasteiger partial charge on any atom is 0.340 e. The summed E-state index contributed by atoms with van der Waals surface area (Å²) in [6, 6.07) is 12.9. The van der Waals surface area contributed by atoms with E-state index in [1.165, 1.54) is 24.3 Å². The number of carbonyl (C=O) groups excluding carboxylic acids is 12. The minimum atomic E-state index is -2.04. The van der Waals surface area contributed by atoms with E-state index in [1.54, 1.807) is 105 Å². The number of phenolic OH excluding ortho intramolecular Hbond substituents is 2. The smallest absolute Gasteiger partial charge is 0.340 e. The van der Waals surface area contributed by atoms with E-state index in [0.717, 1.165) is 6.92 Å². The molecule has 2 aliphatic heterocycles. The van der Waals surface area contributed by atoms with Gasteiger partial charge in [-0.1, -0.05) is 103 Å². The quantitative estimate of drug-likeness (QED) is 0.0148. The molecular weight excluding hydrogens is 1640 g/mol. The summed E-state index contributed by atoms with van der Waals surface area (Å²) in [5.74, 6) is -14.8. The third-order valence-corrected chi connectivity index (χ3v) is 21.1. The van der Waals surface area contributed by atoms with Crippen molar-refractivity contribution in [3.63, 3.8) is 0 Å². The first kappa shape index (κ1) is 97.6. The Hall–Kier alpha value is -12.8. The molecule has 125 heavy (non-hydrogen) atoms. The number of rotatable bonds is 48. The van der Waals surface area contributed by atoms with Gasteiger partial charge in [-0.05, 0) is 155 Å². The number of aromatic amines is 1. The fraction of sp³-hybridized carbons (Fsp3) is 0.460. The number of amides is 11. The van der Waals surface area contributed by atoms with Gasteiger partial charge in [0.05, 0.1) is 24.7 Å². The largest absolute Gasteiger partial charge is 0.508 e. The van der Waals surface area contributed by atoms with Gasteiger partial charge in [-0.2, -0.15) is 0 Å². The maximum absolute atomic E-state index is 14.9.